The van der Waals surface area contributed by atoms with Crippen LogP contribution in [-0.2, 0) is 9.59 Å². The second-order valence-corrected chi connectivity index (χ2v) is 7.04. The molecular formula is C27H20N2O6. The number of benzene rings is 2. The number of carbonyl (C=O) groups is 4. The quantitative estimate of drug-likeness (QED) is 0.363. The highest BCUT2D eigenvalue weighted by Gasteiger charge is 2.32. The van der Waals surface area contributed by atoms with Gasteiger partial charge in [-0.25, -0.2) is 0 Å². The Bertz CT molecular complexity index is 1290. The summed E-state index contributed by atoms with van der Waals surface area (Å²) in [5.74, 6) is 1.70. The molecule has 8 nitrogen and oxygen atoms in total. The molecule has 0 aliphatic heterocycles. The van der Waals surface area contributed by atoms with Crippen LogP contribution >= 0.6 is 0 Å². The van der Waals surface area contributed by atoms with Gasteiger partial charge in [-0.05, 0) is 12.1 Å². The number of para-hydroxylation sites is 1. The van der Waals surface area contributed by atoms with Gasteiger partial charge in [-0.3, -0.25) is 24.1 Å². The molecule has 0 saturated carbocycles. The molecule has 0 bridgehead atoms. The number of carbonyl (C=O) groups excluding carboxylic acids is 4. The van der Waals surface area contributed by atoms with Crippen LogP contribution in [-0.4, -0.2) is 43.1 Å². The third-order valence-electron chi connectivity index (χ3n) is 4.81. The molecule has 0 unspecified atom stereocenters. The predicted molar refractivity (Wildman–Crippen MR) is 129 cm³/mol. The van der Waals surface area contributed by atoms with Crippen molar-refractivity contribution < 1.29 is 28.7 Å². The van der Waals surface area contributed by atoms with Gasteiger partial charge >= 0.3 is 11.8 Å². The number of amides is 2. The number of anilines is 1. The van der Waals surface area contributed by atoms with E-state index in [4.69, 9.17) is 22.3 Å². The molecule has 0 fully saturated rings. The Morgan fingerprint density at radius 2 is 1.57 bits per heavy atom. The highest BCUT2D eigenvalue weighted by Crippen LogP contribution is 2.38. The second-order valence-electron chi connectivity index (χ2n) is 7.04. The first-order valence-corrected chi connectivity index (χ1v) is 10.3. The molecule has 0 spiro atoms. The lowest BCUT2D eigenvalue weighted by molar-refractivity contribution is -0.137. The molecule has 0 atom stereocenters. The fraction of sp³-hybridized carbons (Fsp3) is 0.111. The maximum atomic E-state index is 13.2. The summed E-state index contributed by atoms with van der Waals surface area (Å²) in [5, 5.41) is 2.25. The first-order valence-electron chi connectivity index (χ1n) is 10.3. The first kappa shape index (κ1) is 24.6. The van der Waals surface area contributed by atoms with Crippen molar-refractivity contribution in [2.75, 3.05) is 24.7 Å². The van der Waals surface area contributed by atoms with Gasteiger partial charge in [0.25, 0.3) is 0 Å². The monoisotopic (exact) mass is 468 g/mol. The molecule has 8 heteroatoms. The molecule has 35 heavy (non-hydrogen) atoms. The number of allylic oxidation sites excluding steroid dienone is 2. The number of hydrogen-bond acceptors (Lipinski definition) is 6. The lowest BCUT2D eigenvalue weighted by Gasteiger charge is -2.25. The Labute approximate surface area is 202 Å². The van der Waals surface area contributed by atoms with E-state index in [0.717, 1.165) is 11.0 Å². The van der Waals surface area contributed by atoms with E-state index in [9.17, 15) is 19.2 Å². The van der Waals surface area contributed by atoms with Crippen molar-refractivity contribution >= 4 is 29.1 Å². The van der Waals surface area contributed by atoms with Crippen LogP contribution in [0.2, 0.25) is 0 Å². The van der Waals surface area contributed by atoms with Gasteiger partial charge in [0, 0.05) is 23.7 Å². The number of rotatable bonds is 8. The molecular weight excluding hydrogens is 448 g/mol. The number of hydrogen-bond donors (Lipinski definition) is 1. The van der Waals surface area contributed by atoms with E-state index in [1.165, 1.54) is 18.2 Å². The van der Waals surface area contributed by atoms with Gasteiger partial charge in [-0.15, -0.1) is 19.4 Å². The summed E-state index contributed by atoms with van der Waals surface area (Å²) in [7, 11) is 0. The van der Waals surface area contributed by atoms with E-state index in [0.29, 0.717) is 0 Å². The van der Waals surface area contributed by atoms with Crippen molar-refractivity contribution in [1.82, 2.24) is 5.32 Å². The van der Waals surface area contributed by atoms with Crippen molar-refractivity contribution in [3.63, 3.8) is 0 Å². The molecule has 1 N–H and O–H groups in total. The van der Waals surface area contributed by atoms with E-state index in [2.05, 4.69) is 23.7 Å². The van der Waals surface area contributed by atoms with E-state index >= 15 is 0 Å². The number of ether oxygens (including phenoxy) is 2. The summed E-state index contributed by atoms with van der Waals surface area (Å²) < 4.78 is 11.1. The maximum Gasteiger partial charge on any atom is 0.317 e. The average molecular weight is 468 g/mol. The van der Waals surface area contributed by atoms with Gasteiger partial charge in [0.1, 0.15) is 30.4 Å². The lowest BCUT2D eigenvalue weighted by Crippen LogP contribution is -2.44. The van der Waals surface area contributed by atoms with Crippen LogP contribution in [0.4, 0.5) is 5.69 Å². The Morgan fingerprint density at radius 1 is 0.971 bits per heavy atom. The zero-order chi connectivity index (χ0) is 25.4. The molecule has 0 aromatic heterocycles. The Balaban J connectivity index is 1.95. The molecule has 1 aliphatic rings. The summed E-state index contributed by atoms with van der Waals surface area (Å²) in [4.78, 5) is 52.4. The minimum atomic E-state index is -1.16. The smallest absolute Gasteiger partial charge is 0.317 e. The zero-order valence-electron chi connectivity index (χ0n) is 18.6. The largest absolute Gasteiger partial charge is 0.479 e. The molecule has 174 valence electrons. The summed E-state index contributed by atoms with van der Waals surface area (Å²) in [5.41, 5.74) is 0.128. The van der Waals surface area contributed by atoms with Gasteiger partial charge in [0.05, 0.1) is 5.70 Å². The number of ketones is 2. The lowest BCUT2D eigenvalue weighted by atomic mass is 9.93. The normalized spacial score (nSPS) is 11.8. The number of fused-ring (bicyclic) bond motifs is 1. The van der Waals surface area contributed by atoms with Crippen LogP contribution in [0.1, 0.15) is 20.7 Å². The fourth-order valence-corrected chi connectivity index (χ4v) is 3.35. The van der Waals surface area contributed by atoms with Crippen molar-refractivity contribution in [2.24, 2.45) is 0 Å². The third-order valence-corrected chi connectivity index (χ3v) is 4.81. The number of nitrogens with zero attached hydrogens (tertiary/aromatic N) is 1. The Hall–Kier alpha value is -5.08. The summed E-state index contributed by atoms with van der Waals surface area (Å²) >= 11 is 0. The van der Waals surface area contributed by atoms with Gasteiger partial charge in [0.15, 0.2) is 5.78 Å². The summed E-state index contributed by atoms with van der Waals surface area (Å²) in [6.45, 7) is 3.28. The Morgan fingerprint density at radius 3 is 2.14 bits per heavy atom. The first-order chi connectivity index (χ1) is 16.9. The zero-order valence-corrected chi connectivity index (χ0v) is 18.6. The Kier molecular flexibility index (Phi) is 7.84. The summed E-state index contributed by atoms with van der Waals surface area (Å²) in [6, 6.07) is 10.9. The number of terminal acetylenes is 2. The van der Waals surface area contributed by atoms with Crippen molar-refractivity contribution in [3.8, 4) is 36.2 Å². The van der Waals surface area contributed by atoms with E-state index in [-0.39, 0.29) is 53.8 Å². The predicted octanol–water partition coefficient (Wildman–Crippen LogP) is 2.31. The third kappa shape index (κ3) is 5.29. The van der Waals surface area contributed by atoms with Crippen LogP contribution in [0.25, 0.3) is 0 Å². The minimum absolute atomic E-state index is 0.100. The molecule has 3 rings (SSSR count). The van der Waals surface area contributed by atoms with Gasteiger partial charge in [0.2, 0.25) is 5.78 Å². The van der Waals surface area contributed by atoms with Gasteiger partial charge < -0.3 is 14.8 Å². The molecule has 2 amide bonds. The van der Waals surface area contributed by atoms with Crippen LogP contribution in [0.5, 0.6) is 11.5 Å². The topological polar surface area (TPSA) is 102 Å². The van der Waals surface area contributed by atoms with Crippen LogP contribution in [0.15, 0.2) is 66.9 Å². The van der Waals surface area contributed by atoms with Crippen molar-refractivity contribution in [3.05, 3.63) is 78.0 Å². The van der Waals surface area contributed by atoms with Crippen molar-refractivity contribution in [2.45, 2.75) is 0 Å². The average Bonchev–Trinajstić information content (AvgIpc) is 2.87. The highest BCUT2D eigenvalue weighted by molar-refractivity contribution is 6.42. The standard InChI is InChI=1S/C27H20N2O6/c1-4-14-29(24-22(34-15-5-2)12-9-13-23(24)35-16-6-3)27(33)26(32)28-20-17-21(30)18-10-7-8-11-19(18)25(20)31/h2-4,7-13,17H,1,14-16H2,(H,28,32). The van der Waals surface area contributed by atoms with Crippen molar-refractivity contribution in [1.29, 1.82) is 0 Å². The number of nitrogens with one attached hydrogen (secondary N) is 1. The fourth-order valence-electron chi connectivity index (χ4n) is 3.35. The van der Waals surface area contributed by atoms with Crippen LogP contribution in [0.3, 0.4) is 0 Å². The molecule has 1 aliphatic carbocycles. The molecule has 0 saturated heterocycles. The number of Topliss-reactive ketones (excluding diaryl/α,β-unsaturated/α-hetero) is 1. The second kappa shape index (κ2) is 11.2. The SMILES string of the molecule is C#CCOc1cccc(OCC#C)c1N(CC=C)C(=O)C(=O)NC1=CC(=O)c2ccccc2C1=O. The van der Waals surface area contributed by atoms with Crippen LogP contribution < -0.4 is 19.7 Å². The van der Waals surface area contributed by atoms with Crippen LogP contribution in [0, 0.1) is 24.7 Å². The highest BCUT2D eigenvalue weighted by atomic mass is 16.5. The minimum Gasteiger partial charge on any atom is -0.479 e. The van der Waals surface area contributed by atoms with E-state index < -0.39 is 23.4 Å². The van der Waals surface area contributed by atoms with E-state index in [1.54, 1.807) is 30.3 Å². The van der Waals surface area contributed by atoms with Gasteiger partial charge in [-0.1, -0.05) is 48.2 Å². The molecule has 0 radical (unpaired) electrons. The maximum absolute atomic E-state index is 13.2. The van der Waals surface area contributed by atoms with Gasteiger partial charge in [-0.2, -0.15) is 0 Å². The summed E-state index contributed by atoms with van der Waals surface area (Å²) in [6.07, 6.45) is 13.0. The molecule has 0 heterocycles. The van der Waals surface area contributed by atoms with E-state index in [1.807, 2.05) is 0 Å². The molecule has 2 aromatic carbocycles. The molecule has 2 aromatic rings.